The molecule has 0 heterocycles. The van der Waals surface area contributed by atoms with Crippen molar-refractivity contribution >= 4 is 35.8 Å². The van der Waals surface area contributed by atoms with E-state index >= 15 is 0 Å². The lowest BCUT2D eigenvalue weighted by molar-refractivity contribution is -0.128. The topological polar surface area (TPSA) is 65.5 Å². The third-order valence-corrected chi connectivity index (χ3v) is 3.50. The molecule has 0 aromatic rings. The zero-order valence-electron chi connectivity index (χ0n) is 15.1. The van der Waals surface area contributed by atoms with Crippen LogP contribution in [0.15, 0.2) is 4.99 Å². The number of rotatable bonds is 9. The Labute approximate surface area is 153 Å². The molecule has 0 fully saturated rings. The third-order valence-electron chi connectivity index (χ3n) is 3.50. The summed E-state index contributed by atoms with van der Waals surface area (Å²) in [7, 11) is 1.76. The molecule has 1 unspecified atom stereocenters. The van der Waals surface area contributed by atoms with Crippen molar-refractivity contribution in [3.8, 4) is 0 Å². The Balaban J connectivity index is 0. The first-order valence-electron chi connectivity index (χ1n) is 8.12. The van der Waals surface area contributed by atoms with Crippen molar-refractivity contribution in [3.63, 3.8) is 0 Å². The highest BCUT2D eigenvalue weighted by Gasteiger charge is 2.27. The summed E-state index contributed by atoms with van der Waals surface area (Å²) in [6.07, 6.45) is 4.86. The van der Waals surface area contributed by atoms with E-state index in [1.54, 1.807) is 7.05 Å². The van der Waals surface area contributed by atoms with E-state index in [0.717, 1.165) is 12.4 Å². The van der Waals surface area contributed by atoms with Gasteiger partial charge >= 0.3 is 0 Å². The number of amides is 1. The van der Waals surface area contributed by atoms with Gasteiger partial charge in [0.15, 0.2) is 5.96 Å². The van der Waals surface area contributed by atoms with Gasteiger partial charge in [-0.05, 0) is 34.1 Å². The molecule has 0 aliphatic rings. The van der Waals surface area contributed by atoms with Crippen molar-refractivity contribution in [1.82, 2.24) is 16.0 Å². The fourth-order valence-corrected chi connectivity index (χ4v) is 1.99. The minimum atomic E-state index is -0.459. The van der Waals surface area contributed by atoms with Crippen LogP contribution in [0.1, 0.15) is 60.3 Å². The zero-order chi connectivity index (χ0) is 16.3. The predicted molar refractivity (Wildman–Crippen MR) is 106 cm³/mol. The minimum Gasteiger partial charge on any atom is -0.356 e. The van der Waals surface area contributed by atoms with Gasteiger partial charge in [-0.1, -0.05) is 26.2 Å². The molecule has 3 N–H and O–H groups in total. The van der Waals surface area contributed by atoms with Crippen LogP contribution in [-0.4, -0.2) is 38.0 Å². The first-order valence-corrected chi connectivity index (χ1v) is 8.12. The summed E-state index contributed by atoms with van der Waals surface area (Å²) in [5.74, 6) is 0.820. The van der Waals surface area contributed by atoms with E-state index in [4.69, 9.17) is 0 Å². The van der Waals surface area contributed by atoms with Crippen LogP contribution < -0.4 is 16.0 Å². The lowest BCUT2D eigenvalue weighted by Crippen LogP contribution is -2.49. The Hall–Kier alpha value is -0.530. The van der Waals surface area contributed by atoms with Crippen LogP contribution in [0, 0.1) is 5.41 Å². The number of carbonyl (C=O) groups excluding carboxylic acids is 1. The highest BCUT2D eigenvalue weighted by molar-refractivity contribution is 14.0. The SMILES string of the molecule is CCCCCC(C)NC(=NC)NCC(C)(C)C(=O)NCC.I. The predicted octanol–water partition coefficient (Wildman–Crippen LogP) is 2.90. The van der Waals surface area contributed by atoms with Crippen LogP contribution in [-0.2, 0) is 4.79 Å². The maximum atomic E-state index is 12.0. The van der Waals surface area contributed by atoms with Gasteiger partial charge in [0.25, 0.3) is 0 Å². The summed E-state index contributed by atoms with van der Waals surface area (Å²) < 4.78 is 0. The molecule has 22 heavy (non-hydrogen) atoms. The summed E-state index contributed by atoms with van der Waals surface area (Å²) in [5, 5.41) is 9.49. The van der Waals surface area contributed by atoms with Crippen molar-refractivity contribution in [2.24, 2.45) is 10.4 Å². The summed E-state index contributed by atoms with van der Waals surface area (Å²) in [6, 6.07) is 0.385. The molecule has 0 saturated carbocycles. The molecule has 0 rings (SSSR count). The Morgan fingerprint density at radius 2 is 1.82 bits per heavy atom. The average molecular weight is 426 g/mol. The van der Waals surface area contributed by atoms with Gasteiger partial charge in [0, 0.05) is 26.2 Å². The Morgan fingerprint density at radius 1 is 1.18 bits per heavy atom. The molecule has 0 radical (unpaired) electrons. The number of hydrogen-bond acceptors (Lipinski definition) is 2. The standard InChI is InChI=1S/C16H34N4O.HI/c1-7-9-10-11-13(3)20-15(17-6)19-12-16(4,5)14(21)18-8-2;/h13H,7-12H2,1-6H3,(H,18,21)(H2,17,19,20);1H. The number of nitrogens with one attached hydrogen (secondary N) is 3. The smallest absolute Gasteiger partial charge is 0.227 e. The second kappa shape index (κ2) is 13.0. The normalized spacial score (nSPS) is 13.1. The largest absolute Gasteiger partial charge is 0.356 e. The molecule has 0 aliphatic heterocycles. The molecule has 0 aromatic carbocycles. The van der Waals surface area contributed by atoms with Crippen LogP contribution >= 0.6 is 24.0 Å². The van der Waals surface area contributed by atoms with Gasteiger partial charge in [0.2, 0.25) is 5.91 Å². The molecule has 1 amide bonds. The van der Waals surface area contributed by atoms with Gasteiger partial charge < -0.3 is 16.0 Å². The van der Waals surface area contributed by atoms with Gasteiger partial charge in [-0.3, -0.25) is 9.79 Å². The van der Waals surface area contributed by atoms with Crippen molar-refractivity contribution in [3.05, 3.63) is 0 Å². The molecule has 0 aromatic heterocycles. The fraction of sp³-hybridized carbons (Fsp3) is 0.875. The van der Waals surface area contributed by atoms with Crippen LogP contribution in [0.4, 0.5) is 0 Å². The van der Waals surface area contributed by atoms with Gasteiger partial charge in [-0.25, -0.2) is 0 Å². The first-order chi connectivity index (χ1) is 9.87. The lowest BCUT2D eigenvalue weighted by atomic mass is 9.92. The van der Waals surface area contributed by atoms with Gasteiger partial charge in [0.05, 0.1) is 5.41 Å². The molecule has 0 aliphatic carbocycles. The first kappa shape index (κ1) is 23.7. The van der Waals surface area contributed by atoms with E-state index < -0.39 is 5.41 Å². The molecule has 0 saturated heterocycles. The summed E-state index contributed by atoms with van der Waals surface area (Å²) >= 11 is 0. The van der Waals surface area contributed by atoms with E-state index in [-0.39, 0.29) is 29.9 Å². The van der Waals surface area contributed by atoms with Gasteiger partial charge in [-0.2, -0.15) is 0 Å². The number of halogens is 1. The molecule has 0 spiro atoms. The number of hydrogen-bond donors (Lipinski definition) is 3. The number of aliphatic imine (C=N–C) groups is 1. The Bertz CT molecular complexity index is 332. The van der Waals surface area contributed by atoms with Gasteiger partial charge in [0.1, 0.15) is 0 Å². The molecule has 1 atom stereocenters. The van der Waals surface area contributed by atoms with E-state index in [0.29, 0.717) is 19.1 Å². The Kier molecular flexibility index (Phi) is 14.0. The maximum absolute atomic E-state index is 12.0. The Morgan fingerprint density at radius 3 is 2.32 bits per heavy atom. The minimum absolute atomic E-state index is 0. The molecular formula is C16H35IN4O. The van der Waals surface area contributed by atoms with Crippen molar-refractivity contribution in [2.45, 2.75) is 66.3 Å². The maximum Gasteiger partial charge on any atom is 0.227 e. The second-order valence-electron chi connectivity index (χ2n) is 6.21. The number of unbranched alkanes of at least 4 members (excludes halogenated alkanes) is 2. The molecule has 0 bridgehead atoms. The van der Waals surface area contributed by atoms with E-state index in [1.807, 2.05) is 20.8 Å². The summed E-state index contributed by atoms with van der Waals surface area (Å²) in [6.45, 7) is 11.4. The summed E-state index contributed by atoms with van der Waals surface area (Å²) in [4.78, 5) is 16.2. The number of guanidine groups is 1. The van der Waals surface area contributed by atoms with E-state index in [1.165, 1.54) is 19.3 Å². The molecule has 132 valence electrons. The zero-order valence-corrected chi connectivity index (χ0v) is 17.4. The highest BCUT2D eigenvalue weighted by atomic mass is 127. The third kappa shape index (κ3) is 10.2. The monoisotopic (exact) mass is 426 g/mol. The van der Waals surface area contributed by atoms with Crippen LogP contribution in [0.3, 0.4) is 0 Å². The number of carbonyl (C=O) groups is 1. The van der Waals surface area contributed by atoms with Crippen LogP contribution in [0.2, 0.25) is 0 Å². The van der Waals surface area contributed by atoms with Gasteiger partial charge in [-0.15, -0.1) is 24.0 Å². The second-order valence-corrected chi connectivity index (χ2v) is 6.21. The van der Waals surface area contributed by atoms with E-state index in [2.05, 4.69) is 34.8 Å². The quantitative estimate of drug-likeness (QED) is 0.230. The van der Waals surface area contributed by atoms with Crippen molar-refractivity contribution in [1.29, 1.82) is 0 Å². The van der Waals surface area contributed by atoms with Crippen molar-refractivity contribution in [2.75, 3.05) is 20.1 Å². The average Bonchev–Trinajstić information content (AvgIpc) is 2.44. The fourth-order valence-electron chi connectivity index (χ4n) is 1.99. The molecule has 5 nitrogen and oxygen atoms in total. The molecular weight excluding hydrogens is 391 g/mol. The van der Waals surface area contributed by atoms with E-state index in [9.17, 15) is 4.79 Å². The van der Waals surface area contributed by atoms with Crippen LogP contribution in [0.25, 0.3) is 0 Å². The van der Waals surface area contributed by atoms with Crippen LogP contribution in [0.5, 0.6) is 0 Å². The lowest BCUT2D eigenvalue weighted by Gasteiger charge is -2.26. The molecule has 6 heteroatoms. The summed E-state index contributed by atoms with van der Waals surface area (Å²) in [5.41, 5.74) is -0.459. The number of nitrogens with zero attached hydrogens (tertiary/aromatic N) is 1. The van der Waals surface area contributed by atoms with Crippen molar-refractivity contribution < 1.29 is 4.79 Å². The highest BCUT2D eigenvalue weighted by Crippen LogP contribution is 2.13.